The van der Waals surface area contributed by atoms with Gasteiger partial charge in [-0.25, -0.2) is 0 Å². The molecule has 0 aliphatic rings. The molecule has 0 atom stereocenters. The van der Waals surface area contributed by atoms with Crippen molar-refractivity contribution in [2.24, 2.45) is 5.10 Å². The highest BCUT2D eigenvalue weighted by molar-refractivity contribution is 6.60. The van der Waals surface area contributed by atoms with Crippen molar-refractivity contribution in [3.05, 3.63) is 30.3 Å². The van der Waals surface area contributed by atoms with Crippen LogP contribution in [0, 0.1) is 0 Å². The van der Waals surface area contributed by atoms with Crippen molar-refractivity contribution >= 4 is 26.1 Å². The van der Waals surface area contributed by atoms with Crippen LogP contribution >= 0.6 is 0 Å². The van der Waals surface area contributed by atoms with E-state index in [1.54, 1.807) is 6.92 Å². The van der Waals surface area contributed by atoms with Crippen molar-refractivity contribution in [1.82, 2.24) is 0 Å². The predicted octanol–water partition coefficient (Wildman–Crippen LogP) is 3.22. The molecule has 0 aromatic heterocycles. The number of hydrogen-bond donors (Lipinski definition) is 0. The number of ketones is 1. The molecule has 0 heterocycles. The molecule has 1 aromatic carbocycles. The zero-order valence-electron chi connectivity index (χ0n) is 11.7. The first-order valence-electron chi connectivity index (χ1n) is 6.44. The van der Waals surface area contributed by atoms with Crippen LogP contribution in [-0.2, 0) is 4.79 Å². The van der Waals surface area contributed by atoms with Crippen LogP contribution < -0.4 is 4.67 Å². The minimum absolute atomic E-state index is 0.175. The maximum atomic E-state index is 11.2. The van der Waals surface area contributed by atoms with Crippen LogP contribution in [0.1, 0.15) is 26.7 Å². The zero-order valence-corrected chi connectivity index (χ0v) is 12.8. The molecule has 0 bridgehead atoms. The van der Waals surface area contributed by atoms with Crippen LogP contribution in [0.5, 0.6) is 0 Å². The lowest BCUT2D eigenvalue weighted by molar-refractivity contribution is -0.115. The highest BCUT2D eigenvalue weighted by Gasteiger charge is 2.12. The first-order chi connectivity index (χ1) is 8.54. The van der Waals surface area contributed by atoms with Crippen molar-refractivity contribution < 1.29 is 4.79 Å². The molecule has 0 aliphatic carbocycles. The summed E-state index contributed by atoms with van der Waals surface area (Å²) < 4.78 is 2.11. The van der Waals surface area contributed by atoms with Crippen LogP contribution in [0.2, 0.25) is 13.1 Å². The molecule has 1 rings (SSSR count). The van der Waals surface area contributed by atoms with Gasteiger partial charge in [0.25, 0.3) is 0 Å². The molecule has 4 heteroatoms. The Morgan fingerprint density at radius 1 is 1.28 bits per heavy atom. The number of para-hydroxylation sites is 1. The Bertz CT molecular complexity index is 415. The molecule has 3 nitrogen and oxygen atoms in total. The van der Waals surface area contributed by atoms with Crippen LogP contribution in [0.15, 0.2) is 35.4 Å². The Morgan fingerprint density at radius 3 is 2.33 bits per heavy atom. The number of rotatable bonds is 6. The Morgan fingerprint density at radius 2 is 1.89 bits per heavy atom. The largest absolute Gasteiger partial charge is 0.300 e. The number of nitrogens with zero attached hydrogens (tertiary/aromatic N) is 2. The van der Waals surface area contributed by atoms with Crippen LogP contribution in [0.3, 0.4) is 0 Å². The summed E-state index contributed by atoms with van der Waals surface area (Å²) in [5.74, 6) is 0.175. The SMILES string of the molecule is CCC(CC(C)=O)=NN(c1ccccc1)[SiH](C)C. The molecular weight excluding hydrogens is 240 g/mol. The molecule has 1 aromatic rings. The maximum Gasteiger partial charge on any atom is 0.164 e. The highest BCUT2D eigenvalue weighted by Crippen LogP contribution is 2.16. The first kappa shape index (κ1) is 14.6. The van der Waals surface area contributed by atoms with Gasteiger partial charge in [-0.3, -0.25) is 9.47 Å². The predicted molar refractivity (Wildman–Crippen MR) is 80.8 cm³/mol. The average molecular weight is 262 g/mol. The Hall–Kier alpha value is -1.42. The second-order valence-electron chi connectivity index (χ2n) is 4.67. The van der Waals surface area contributed by atoms with Crippen molar-refractivity contribution in [3.8, 4) is 0 Å². The van der Waals surface area contributed by atoms with E-state index < -0.39 is 8.96 Å². The fraction of sp³-hybridized carbons (Fsp3) is 0.429. The molecule has 0 N–H and O–H groups in total. The lowest BCUT2D eigenvalue weighted by Gasteiger charge is -2.24. The fourth-order valence-electron chi connectivity index (χ4n) is 1.72. The van der Waals surface area contributed by atoms with Gasteiger partial charge in [-0.2, -0.15) is 5.10 Å². The van der Waals surface area contributed by atoms with Crippen molar-refractivity contribution in [2.75, 3.05) is 4.67 Å². The van der Waals surface area contributed by atoms with Crippen LogP contribution in [-0.4, -0.2) is 20.5 Å². The number of benzene rings is 1. The standard InChI is InChI=1S/C14H22N2OSi/c1-5-13(11-12(2)17)15-16(18(3)4)14-9-7-6-8-10-14/h6-10,18H,5,11H2,1-4H3. The van der Waals surface area contributed by atoms with Gasteiger partial charge in [0.1, 0.15) is 5.78 Å². The van der Waals surface area contributed by atoms with Gasteiger partial charge >= 0.3 is 0 Å². The third-order valence-corrected chi connectivity index (χ3v) is 4.01. The lowest BCUT2D eigenvalue weighted by Crippen LogP contribution is -2.30. The highest BCUT2D eigenvalue weighted by atomic mass is 28.3. The number of anilines is 1. The normalized spacial score (nSPS) is 11.7. The Labute approximate surface area is 111 Å². The molecule has 98 valence electrons. The van der Waals surface area contributed by atoms with Gasteiger partial charge in [0.2, 0.25) is 0 Å². The summed E-state index contributed by atoms with van der Waals surface area (Å²) in [6.45, 7) is 8.13. The maximum absolute atomic E-state index is 11.2. The number of Topliss-reactive ketones (excluding diaryl/α,β-unsaturated/α-hetero) is 1. The van der Waals surface area contributed by atoms with Gasteiger partial charge < -0.3 is 0 Å². The van der Waals surface area contributed by atoms with E-state index in [1.807, 2.05) is 25.1 Å². The number of hydrogen-bond acceptors (Lipinski definition) is 3. The van der Waals surface area contributed by atoms with Gasteiger partial charge in [-0.05, 0) is 25.5 Å². The average Bonchev–Trinajstić information content (AvgIpc) is 2.34. The number of carbonyl (C=O) groups excluding carboxylic acids is 1. The van der Waals surface area contributed by atoms with E-state index in [-0.39, 0.29) is 5.78 Å². The molecule has 18 heavy (non-hydrogen) atoms. The topological polar surface area (TPSA) is 32.7 Å². The van der Waals surface area contributed by atoms with Gasteiger partial charge in [0, 0.05) is 17.8 Å². The Balaban J connectivity index is 2.99. The van der Waals surface area contributed by atoms with Crippen LogP contribution in [0.4, 0.5) is 5.69 Å². The summed E-state index contributed by atoms with van der Waals surface area (Å²) >= 11 is 0. The first-order valence-corrected chi connectivity index (χ1v) is 9.27. The third-order valence-electron chi connectivity index (χ3n) is 2.62. The summed E-state index contributed by atoms with van der Waals surface area (Å²) in [6.07, 6.45) is 1.28. The van der Waals surface area contributed by atoms with Gasteiger partial charge in [-0.1, -0.05) is 38.2 Å². The second kappa shape index (κ2) is 7.11. The quantitative estimate of drug-likeness (QED) is 0.448. The lowest BCUT2D eigenvalue weighted by atomic mass is 10.2. The Kier molecular flexibility index (Phi) is 5.78. The van der Waals surface area contributed by atoms with E-state index in [4.69, 9.17) is 5.10 Å². The summed E-state index contributed by atoms with van der Waals surface area (Å²) in [4.78, 5) is 11.2. The third kappa shape index (κ3) is 4.45. The van der Waals surface area contributed by atoms with Crippen molar-refractivity contribution in [3.63, 3.8) is 0 Å². The van der Waals surface area contributed by atoms with E-state index in [0.717, 1.165) is 17.8 Å². The number of carbonyl (C=O) groups is 1. The van der Waals surface area contributed by atoms with Crippen molar-refractivity contribution in [1.29, 1.82) is 0 Å². The molecule has 0 saturated carbocycles. The molecular formula is C14H22N2OSi. The molecule has 0 spiro atoms. The molecule has 0 fully saturated rings. The second-order valence-corrected chi connectivity index (χ2v) is 7.35. The molecule has 0 unspecified atom stereocenters. The van der Waals surface area contributed by atoms with Gasteiger partial charge in [-0.15, -0.1) is 0 Å². The monoisotopic (exact) mass is 262 g/mol. The summed E-state index contributed by atoms with van der Waals surface area (Å²) in [7, 11) is -1.09. The van der Waals surface area contributed by atoms with Crippen LogP contribution in [0.25, 0.3) is 0 Å². The molecule has 0 radical (unpaired) electrons. The molecule has 0 saturated heterocycles. The summed E-state index contributed by atoms with van der Waals surface area (Å²) in [5, 5.41) is 4.70. The zero-order chi connectivity index (χ0) is 13.5. The van der Waals surface area contributed by atoms with E-state index in [9.17, 15) is 4.79 Å². The molecule has 0 aliphatic heterocycles. The van der Waals surface area contributed by atoms with E-state index in [2.05, 4.69) is 29.9 Å². The van der Waals surface area contributed by atoms with Crippen molar-refractivity contribution in [2.45, 2.75) is 39.8 Å². The van der Waals surface area contributed by atoms with Gasteiger partial charge in [0.15, 0.2) is 8.96 Å². The minimum Gasteiger partial charge on any atom is -0.300 e. The van der Waals surface area contributed by atoms with E-state index >= 15 is 0 Å². The smallest absolute Gasteiger partial charge is 0.164 e. The van der Waals surface area contributed by atoms with Gasteiger partial charge in [0.05, 0.1) is 0 Å². The number of hydrazone groups is 1. The summed E-state index contributed by atoms with van der Waals surface area (Å²) in [5.41, 5.74) is 2.08. The van der Waals surface area contributed by atoms with E-state index in [0.29, 0.717) is 6.42 Å². The fourth-order valence-corrected chi connectivity index (χ4v) is 2.89. The summed E-state index contributed by atoms with van der Waals surface area (Å²) in [6, 6.07) is 10.2. The molecule has 0 amide bonds. The minimum atomic E-state index is -1.09. The van der Waals surface area contributed by atoms with E-state index in [1.165, 1.54) is 0 Å².